The maximum absolute atomic E-state index is 13.1. The monoisotopic (exact) mass is 403 g/mol. The quantitative estimate of drug-likeness (QED) is 0.642. The van der Waals surface area contributed by atoms with Gasteiger partial charge in [0.05, 0.1) is 18.7 Å². The second-order valence-electron chi connectivity index (χ2n) is 6.58. The summed E-state index contributed by atoms with van der Waals surface area (Å²) in [5.74, 6) is -0.342. The van der Waals surface area contributed by atoms with E-state index in [9.17, 15) is 13.6 Å². The largest absolute Gasteiger partial charge is 0.493 e. The lowest BCUT2D eigenvalue weighted by Crippen LogP contribution is -2.36. The van der Waals surface area contributed by atoms with Crippen molar-refractivity contribution in [1.29, 1.82) is 5.26 Å². The fraction of sp³-hybridized carbons (Fsp3) is 0.333. The Morgan fingerprint density at radius 2 is 1.79 bits per heavy atom. The van der Waals surface area contributed by atoms with Crippen molar-refractivity contribution in [3.63, 3.8) is 0 Å². The Morgan fingerprint density at radius 3 is 2.34 bits per heavy atom. The lowest BCUT2D eigenvalue weighted by atomic mass is 10.1. The first-order chi connectivity index (χ1) is 13.8. The summed E-state index contributed by atoms with van der Waals surface area (Å²) in [7, 11) is 5.14. The number of rotatable bonds is 9. The van der Waals surface area contributed by atoms with E-state index in [4.69, 9.17) is 10.00 Å². The Labute approximate surface area is 168 Å². The third-order valence-electron chi connectivity index (χ3n) is 4.19. The molecule has 0 N–H and O–H groups in total. The molecule has 29 heavy (non-hydrogen) atoms. The van der Waals surface area contributed by atoms with Gasteiger partial charge in [0.2, 0.25) is 0 Å². The van der Waals surface area contributed by atoms with Crippen molar-refractivity contribution in [2.24, 2.45) is 0 Å². The number of alkyl halides is 2. The second kappa shape index (κ2) is 10.4. The Hall–Kier alpha value is -3.18. The molecular formula is C21H23F2N3O3. The summed E-state index contributed by atoms with van der Waals surface area (Å²) in [6, 6.07) is 13.2. The van der Waals surface area contributed by atoms with Crippen molar-refractivity contribution < 1.29 is 23.0 Å². The van der Waals surface area contributed by atoms with Crippen molar-refractivity contribution in [2.75, 3.05) is 34.3 Å². The Morgan fingerprint density at radius 1 is 1.10 bits per heavy atom. The minimum atomic E-state index is -2.99. The van der Waals surface area contributed by atoms with E-state index < -0.39 is 6.61 Å². The molecule has 0 aromatic heterocycles. The number of ether oxygens (including phenoxy) is 2. The SMILES string of the molecule is COc1cc(C(=O)N(CCN(C)C)Cc2ccc(C#N)cc2)ccc1OC(F)F. The average Bonchev–Trinajstić information content (AvgIpc) is 2.70. The zero-order chi connectivity index (χ0) is 21.4. The van der Waals surface area contributed by atoms with Crippen LogP contribution in [-0.4, -0.2) is 56.6 Å². The second-order valence-corrected chi connectivity index (χ2v) is 6.58. The van der Waals surface area contributed by atoms with Gasteiger partial charge < -0.3 is 19.3 Å². The minimum absolute atomic E-state index is 0.0575. The Kier molecular flexibility index (Phi) is 7.92. The summed E-state index contributed by atoms with van der Waals surface area (Å²) >= 11 is 0. The molecule has 0 unspecified atom stereocenters. The zero-order valence-corrected chi connectivity index (χ0v) is 16.6. The molecule has 2 aromatic rings. The summed E-state index contributed by atoms with van der Waals surface area (Å²) in [6.45, 7) is -1.54. The van der Waals surface area contributed by atoms with E-state index in [-0.39, 0.29) is 17.4 Å². The summed E-state index contributed by atoms with van der Waals surface area (Å²) in [6.07, 6.45) is 0. The van der Waals surface area contributed by atoms with Gasteiger partial charge in [-0.05, 0) is 50.0 Å². The molecule has 1 amide bonds. The van der Waals surface area contributed by atoms with Crippen LogP contribution < -0.4 is 9.47 Å². The van der Waals surface area contributed by atoms with Crippen molar-refractivity contribution in [2.45, 2.75) is 13.2 Å². The summed E-state index contributed by atoms with van der Waals surface area (Å²) < 4.78 is 34.5. The maximum atomic E-state index is 13.1. The number of benzene rings is 2. The van der Waals surface area contributed by atoms with Crippen molar-refractivity contribution in [3.8, 4) is 17.6 Å². The maximum Gasteiger partial charge on any atom is 0.387 e. The van der Waals surface area contributed by atoms with Crippen LogP contribution in [-0.2, 0) is 6.54 Å². The van der Waals surface area contributed by atoms with Crippen molar-refractivity contribution in [3.05, 3.63) is 59.2 Å². The molecule has 8 heteroatoms. The Balaban J connectivity index is 2.26. The van der Waals surface area contributed by atoms with Crippen LogP contribution in [0, 0.1) is 11.3 Å². The number of nitrogens with zero attached hydrogens (tertiary/aromatic N) is 3. The van der Waals surface area contributed by atoms with Gasteiger partial charge in [0.25, 0.3) is 5.91 Å². The van der Waals surface area contributed by atoms with Crippen LogP contribution in [0.5, 0.6) is 11.5 Å². The standard InChI is InChI=1S/C21H23F2N3O3/c1-25(2)10-11-26(14-16-6-4-15(13-24)5-7-16)20(27)17-8-9-18(29-21(22)23)19(12-17)28-3/h4-9,12,21H,10-11,14H2,1-3H3. The molecule has 2 rings (SSSR count). The molecular weight excluding hydrogens is 380 g/mol. The predicted molar refractivity (Wildman–Crippen MR) is 104 cm³/mol. The van der Waals surface area contributed by atoms with Gasteiger partial charge in [-0.15, -0.1) is 0 Å². The van der Waals surface area contributed by atoms with E-state index in [1.165, 1.54) is 25.3 Å². The van der Waals surface area contributed by atoms with Gasteiger partial charge in [-0.3, -0.25) is 4.79 Å². The van der Waals surface area contributed by atoms with E-state index >= 15 is 0 Å². The molecule has 0 aliphatic carbocycles. The number of likely N-dealkylation sites (N-methyl/N-ethyl adjacent to an activating group) is 1. The molecule has 0 radical (unpaired) electrons. The lowest BCUT2D eigenvalue weighted by Gasteiger charge is -2.25. The molecule has 0 fully saturated rings. The Bertz CT molecular complexity index is 864. The normalized spacial score (nSPS) is 10.7. The summed E-state index contributed by atoms with van der Waals surface area (Å²) in [5, 5.41) is 8.93. The number of carbonyl (C=O) groups is 1. The van der Waals surface area contributed by atoms with Gasteiger partial charge in [-0.2, -0.15) is 14.0 Å². The number of hydrogen-bond donors (Lipinski definition) is 0. The molecule has 0 saturated carbocycles. The first-order valence-corrected chi connectivity index (χ1v) is 8.90. The molecule has 0 atom stereocenters. The molecule has 6 nitrogen and oxygen atoms in total. The molecule has 0 bridgehead atoms. The third kappa shape index (κ3) is 6.43. The highest BCUT2D eigenvalue weighted by atomic mass is 19.3. The van der Waals surface area contributed by atoms with Gasteiger partial charge in [-0.1, -0.05) is 12.1 Å². The number of amides is 1. The first kappa shape index (κ1) is 22.1. The summed E-state index contributed by atoms with van der Waals surface area (Å²) in [5.41, 5.74) is 1.72. The smallest absolute Gasteiger partial charge is 0.387 e. The summed E-state index contributed by atoms with van der Waals surface area (Å²) in [4.78, 5) is 16.7. The van der Waals surface area contributed by atoms with E-state index in [1.807, 2.05) is 19.0 Å². The molecule has 2 aromatic carbocycles. The highest BCUT2D eigenvalue weighted by molar-refractivity contribution is 5.95. The highest BCUT2D eigenvalue weighted by Crippen LogP contribution is 2.30. The molecule has 0 heterocycles. The molecule has 0 spiro atoms. The highest BCUT2D eigenvalue weighted by Gasteiger charge is 2.19. The predicted octanol–water partition coefficient (Wildman–Crippen LogP) is 3.37. The first-order valence-electron chi connectivity index (χ1n) is 8.90. The van der Waals surface area contributed by atoms with Crippen LogP contribution >= 0.6 is 0 Å². The number of methoxy groups -OCH3 is 1. The van der Waals surface area contributed by atoms with Crippen LogP contribution in [0.3, 0.4) is 0 Å². The zero-order valence-electron chi connectivity index (χ0n) is 16.6. The number of nitriles is 1. The number of halogens is 2. The minimum Gasteiger partial charge on any atom is -0.493 e. The van der Waals surface area contributed by atoms with Gasteiger partial charge in [0.15, 0.2) is 11.5 Å². The van der Waals surface area contributed by atoms with Crippen LogP contribution in [0.1, 0.15) is 21.5 Å². The lowest BCUT2D eigenvalue weighted by molar-refractivity contribution is -0.0512. The average molecular weight is 403 g/mol. The van der Waals surface area contributed by atoms with Gasteiger partial charge in [0, 0.05) is 25.2 Å². The fourth-order valence-corrected chi connectivity index (χ4v) is 2.65. The van der Waals surface area contributed by atoms with E-state index in [0.717, 1.165) is 5.56 Å². The van der Waals surface area contributed by atoms with Crippen LogP contribution in [0.25, 0.3) is 0 Å². The van der Waals surface area contributed by atoms with Gasteiger partial charge in [0.1, 0.15) is 0 Å². The van der Waals surface area contributed by atoms with E-state index in [2.05, 4.69) is 10.8 Å². The van der Waals surface area contributed by atoms with Crippen LogP contribution in [0.15, 0.2) is 42.5 Å². The van der Waals surface area contributed by atoms with E-state index in [1.54, 1.807) is 29.2 Å². The van der Waals surface area contributed by atoms with Crippen molar-refractivity contribution in [1.82, 2.24) is 9.80 Å². The van der Waals surface area contributed by atoms with Crippen LogP contribution in [0.2, 0.25) is 0 Å². The molecule has 0 aliphatic rings. The number of carbonyl (C=O) groups excluding carboxylic acids is 1. The van der Waals surface area contributed by atoms with Crippen molar-refractivity contribution >= 4 is 5.91 Å². The van der Waals surface area contributed by atoms with E-state index in [0.29, 0.717) is 30.8 Å². The molecule has 0 saturated heterocycles. The van der Waals surface area contributed by atoms with Crippen LogP contribution in [0.4, 0.5) is 8.78 Å². The topological polar surface area (TPSA) is 65.8 Å². The van der Waals surface area contributed by atoms with Gasteiger partial charge >= 0.3 is 6.61 Å². The molecule has 154 valence electrons. The third-order valence-corrected chi connectivity index (χ3v) is 4.19. The molecule has 0 aliphatic heterocycles. The number of hydrogen-bond acceptors (Lipinski definition) is 5. The fourth-order valence-electron chi connectivity index (χ4n) is 2.65. The van der Waals surface area contributed by atoms with Gasteiger partial charge in [-0.25, -0.2) is 0 Å².